The van der Waals surface area contributed by atoms with Crippen LogP contribution in [0.5, 0.6) is 0 Å². The predicted molar refractivity (Wildman–Crippen MR) is 54.9 cm³/mol. The predicted octanol–water partition coefficient (Wildman–Crippen LogP) is 0.574. The highest BCUT2D eigenvalue weighted by atomic mass is 16.6. The molecule has 1 heterocycles. The van der Waals surface area contributed by atoms with Gasteiger partial charge in [-0.05, 0) is 11.0 Å². The third kappa shape index (κ3) is 1.89. The SMILES string of the molecule is COB1OC(CC(=O)O)c2ccccc21. The van der Waals surface area contributed by atoms with Crippen LogP contribution in [0.15, 0.2) is 24.3 Å². The molecule has 15 heavy (non-hydrogen) atoms. The van der Waals surface area contributed by atoms with E-state index in [-0.39, 0.29) is 6.42 Å². The molecule has 0 aromatic heterocycles. The van der Waals surface area contributed by atoms with Crippen LogP contribution in [0.1, 0.15) is 18.1 Å². The van der Waals surface area contributed by atoms with Gasteiger partial charge in [-0.15, -0.1) is 0 Å². The number of rotatable bonds is 3. The van der Waals surface area contributed by atoms with Crippen LogP contribution >= 0.6 is 0 Å². The summed E-state index contributed by atoms with van der Waals surface area (Å²) in [6.07, 6.45) is -0.430. The van der Waals surface area contributed by atoms with E-state index in [1.165, 1.54) is 0 Å². The second-order valence-electron chi connectivity index (χ2n) is 3.42. The van der Waals surface area contributed by atoms with Crippen LogP contribution in [-0.2, 0) is 14.1 Å². The first-order valence-electron chi connectivity index (χ1n) is 4.71. The van der Waals surface area contributed by atoms with E-state index in [9.17, 15) is 4.79 Å². The zero-order valence-electron chi connectivity index (χ0n) is 8.34. The molecule has 0 saturated heterocycles. The Kier molecular flexibility index (Phi) is 2.75. The molecule has 1 aromatic rings. The molecule has 1 aliphatic heterocycles. The minimum Gasteiger partial charge on any atom is -0.481 e. The normalized spacial score (nSPS) is 19.0. The van der Waals surface area contributed by atoms with E-state index >= 15 is 0 Å². The average molecular weight is 206 g/mol. The standard InChI is InChI=1S/C10H11BO4/c1-14-11-8-5-3-2-4-7(8)9(15-11)6-10(12)13/h2-5,9H,6H2,1H3,(H,12,13). The van der Waals surface area contributed by atoms with E-state index in [0.29, 0.717) is 0 Å². The molecule has 4 nitrogen and oxygen atoms in total. The molecule has 0 spiro atoms. The number of benzene rings is 1. The van der Waals surface area contributed by atoms with Crippen molar-refractivity contribution in [2.75, 3.05) is 7.11 Å². The van der Waals surface area contributed by atoms with Crippen LogP contribution < -0.4 is 5.46 Å². The number of hydrogen-bond acceptors (Lipinski definition) is 3. The number of carboxylic acids is 1. The van der Waals surface area contributed by atoms with E-state index in [1.807, 2.05) is 24.3 Å². The summed E-state index contributed by atoms with van der Waals surface area (Å²) < 4.78 is 10.6. The van der Waals surface area contributed by atoms with Crippen molar-refractivity contribution in [2.45, 2.75) is 12.5 Å². The summed E-state index contributed by atoms with van der Waals surface area (Å²) in [5.74, 6) is -0.869. The lowest BCUT2D eigenvalue weighted by Crippen LogP contribution is -2.30. The van der Waals surface area contributed by atoms with E-state index < -0.39 is 19.2 Å². The number of aliphatic carboxylic acids is 1. The first-order chi connectivity index (χ1) is 7.22. The summed E-state index contributed by atoms with van der Waals surface area (Å²) in [6, 6.07) is 7.53. The minimum atomic E-state index is -0.869. The third-order valence-electron chi connectivity index (χ3n) is 2.46. The van der Waals surface area contributed by atoms with Gasteiger partial charge in [-0.1, -0.05) is 24.3 Å². The lowest BCUT2D eigenvalue weighted by Gasteiger charge is -2.09. The molecule has 0 radical (unpaired) electrons. The van der Waals surface area contributed by atoms with Crippen LogP contribution in [0.2, 0.25) is 0 Å². The Bertz CT molecular complexity index is 379. The number of carbonyl (C=O) groups is 1. The quantitative estimate of drug-likeness (QED) is 0.734. The molecule has 2 rings (SSSR count). The highest BCUT2D eigenvalue weighted by molar-refractivity contribution is 6.63. The Morgan fingerprint density at radius 2 is 2.33 bits per heavy atom. The molecule has 1 N–H and O–H groups in total. The molecule has 1 aliphatic rings. The summed E-state index contributed by atoms with van der Waals surface area (Å²) in [5.41, 5.74) is 1.83. The van der Waals surface area contributed by atoms with E-state index in [2.05, 4.69) is 0 Å². The van der Waals surface area contributed by atoms with Gasteiger partial charge in [0.1, 0.15) is 0 Å². The molecule has 5 heteroatoms. The van der Waals surface area contributed by atoms with Crippen LogP contribution in [0, 0.1) is 0 Å². The van der Waals surface area contributed by atoms with Crippen molar-refractivity contribution in [3.63, 3.8) is 0 Å². The van der Waals surface area contributed by atoms with Gasteiger partial charge in [0.25, 0.3) is 0 Å². The van der Waals surface area contributed by atoms with E-state index in [0.717, 1.165) is 11.0 Å². The molecule has 1 aromatic carbocycles. The molecule has 0 amide bonds. The topological polar surface area (TPSA) is 55.8 Å². The monoisotopic (exact) mass is 206 g/mol. The zero-order valence-corrected chi connectivity index (χ0v) is 8.34. The van der Waals surface area contributed by atoms with Gasteiger partial charge in [-0.25, -0.2) is 0 Å². The Morgan fingerprint density at radius 3 is 3.00 bits per heavy atom. The highest BCUT2D eigenvalue weighted by Crippen LogP contribution is 2.27. The lowest BCUT2D eigenvalue weighted by molar-refractivity contribution is -0.138. The van der Waals surface area contributed by atoms with Crippen molar-refractivity contribution in [1.29, 1.82) is 0 Å². The first kappa shape index (κ1) is 10.2. The first-order valence-corrected chi connectivity index (χ1v) is 4.71. The van der Waals surface area contributed by atoms with Crippen LogP contribution in [0.25, 0.3) is 0 Å². The molecule has 78 valence electrons. The number of hydrogen-bond donors (Lipinski definition) is 1. The summed E-state index contributed by atoms with van der Waals surface area (Å²) in [5, 5.41) is 8.74. The third-order valence-corrected chi connectivity index (χ3v) is 2.46. The van der Waals surface area contributed by atoms with Gasteiger partial charge in [-0.3, -0.25) is 4.79 Å². The molecule has 0 aliphatic carbocycles. The number of carboxylic acid groups (broad SMARTS) is 1. The second-order valence-corrected chi connectivity index (χ2v) is 3.42. The van der Waals surface area contributed by atoms with Gasteiger partial charge in [0.05, 0.1) is 12.5 Å². The van der Waals surface area contributed by atoms with Gasteiger partial charge in [0, 0.05) is 7.11 Å². The average Bonchev–Trinajstić information content (AvgIpc) is 2.56. The molecular weight excluding hydrogens is 195 g/mol. The van der Waals surface area contributed by atoms with Crippen molar-refractivity contribution in [3.8, 4) is 0 Å². The second kappa shape index (κ2) is 4.04. The smallest absolute Gasteiger partial charge is 0.481 e. The largest absolute Gasteiger partial charge is 0.494 e. The van der Waals surface area contributed by atoms with Gasteiger partial charge in [0.2, 0.25) is 0 Å². The fraction of sp³-hybridized carbons (Fsp3) is 0.300. The van der Waals surface area contributed by atoms with Crippen LogP contribution in [0.3, 0.4) is 0 Å². The van der Waals surface area contributed by atoms with Gasteiger partial charge in [0.15, 0.2) is 0 Å². The van der Waals surface area contributed by atoms with Crippen molar-refractivity contribution in [3.05, 3.63) is 29.8 Å². The summed E-state index contributed by atoms with van der Waals surface area (Å²) in [6.45, 7) is 0. The maximum atomic E-state index is 10.6. The van der Waals surface area contributed by atoms with Crippen molar-refractivity contribution < 1.29 is 19.2 Å². The lowest BCUT2D eigenvalue weighted by atomic mass is 9.78. The van der Waals surface area contributed by atoms with Gasteiger partial charge < -0.3 is 14.4 Å². The van der Waals surface area contributed by atoms with Crippen LogP contribution in [0.4, 0.5) is 0 Å². The van der Waals surface area contributed by atoms with E-state index in [4.69, 9.17) is 14.4 Å². The maximum Gasteiger partial charge on any atom is 0.494 e. The molecular formula is C10H11BO4. The summed E-state index contributed by atoms with van der Waals surface area (Å²) in [7, 11) is 1.11. The number of fused-ring (bicyclic) bond motifs is 1. The minimum absolute atomic E-state index is 0.0309. The molecule has 0 fully saturated rings. The van der Waals surface area contributed by atoms with Crippen molar-refractivity contribution in [1.82, 2.24) is 0 Å². The Labute approximate surface area is 88.0 Å². The van der Waals surface area contributed by atoms with Crippen molar-refractivity contribution >= 4 is 18.6 Å². The van der Waals surface area contributed by atoms with Crippen molar-refractivity contribution in [2.24, 2.45) is 0 Å². The fourth-order valence-electron chi connectivity index (χ4n) is 1.81. The fourth-order valence-corrected chi connectivity index (χ4v) is 1.81. The zero-order chi connectivity index (χ0) is 10.8. The summed E-state index contributed by atoms with van der Waals surface area (Å²) in [4.78, 5) is 10.6. The Morgan fingerprint density at radius 1 is 1.60 bits per heavy atom. The van der Waals surface area contributed by atoms with Gasteiger partial charge >= 0.3 is 13.1 Å². The Hall–Kier alpha value is -1.33. The van der Waals surface area contributed by atoms with Gasteiger partial charge in [-0.2, -0.15) is 0 Å². The van der Waals surface area contributed by atoms with Crippen LogP contribution in [-0.4, -0.2) is 25.3 Å². The maximum absolute atomic E-state index is 10.6. The molecule has 1 unspecified atom stereocenters. The molecule has 1 atom stereocenters. The molecule has 0 bridgehead atoms. The van der Waals surface area contributed by atoms with E-state index in [1.54, 1.807) is 7.11 Å². The molecule has 0 saturated carbocycles. The highest BCUT2D eigenvalue weighted by Gasteiger charge is 2.37. The Balaban J connectivity index is 2.29. The summed E-state index contributed by atoms with van der Waals surface area (Å²) >= 11 is 0.